The van der Waals surface area contributed by atoms with Crippen LogP contribution in [0.4, 0.5) is 0 Å². The number of hydrogen-bond donors (Lipinski definition) is 0. The van der Waals surface area contributed by atoms with Crippen molar-refractivity contribution in [3.05, 3.63) is 29.8 Å². The molecule has 1 aliphatic heterocycles. The van der Waals surface area contributed by atoms with Crippen molar-refractivity contribution in [1.82, 2.24) is 4.31 Å². The molecule has 0 N–H and O–H groups in total. The van der Waals surface area contributed by atoms with Crippen LogP contribution in [0.15, 0.2) is 29.2 Å². The zero-order valence-corrected chi connectivity index (χ0v) is 13.6. The van der Waals surface area contributed by atoms with E-state index in [4.69, 9.17) is 0 Å². The number of carbonyl (C=O) groups is 1. The largest absolute Gasteiger partial charge is 0.545 e. The molecule has 120 valence electrons. The minimum atomic E-state index is -3.57. The van der Waals surface area contributed by atoms with E-state index in [1.165, 1.54) is 24.3 Å². The number of rotatable bonds is 3. The van der Waals surface area contributed by atoms with Crippen molar-refractivity contribution in [3.8, 4) is 0 Å². The molecule has 1 aliphatic carbocycles. The lowest BCUT2D eigenvalue weighted by Gasteiger charge is -2.34. The summed E-state index contributed by atoms with van der Waals surface area (Å²) >= 11 is 0. The summed E-state index contributed by atoms with van der Waals surface area (Å²) in [4.78, 5) is 10.9. The summed E-state index contributed by atoms with van der Waals surface area (Å²) in [6.45, 7) is 4.95. The number of aromatic carboxylic acids is 1. The minimum absolute atomic E-state index is 0.0137. The first-order valence-electron chi connectivity index (χ1n) is 7.52. The van der Waals surface area contributed by atoms with Gasteiger partial charge < -0.3 is 9.90 Å². The molecule has 0 unspecified atom stereocenters. The fraction of sp³-hybridized carbons (Fsp3) is 0.562. The summed E-state index contributed by atoms with van der Waals surface area (Å²) in [6, 6.07) is 5.34. The number of hydrogen-bond acceptors (Lipinski definition) is 4. The molecule has 1 saturated heterocycles. The quantitative estimate of drug-likeness (QED) is 0.839. The number of benzene rings is 1. The third kappa shape index (κ3) is 2.65. The van der Waals surface area contributed by atoms with Crippen molar-refractivity contribution >= 4 is 16.0 Å². The van der Waals surface area contributed by atoms with Crippen LogP contribution in [0.2, 0.25) is 0 Å². The monoisotopic (exact) mass is 322 g/mol. The van der Waals surface area contributed by atoms with Gasteiger partial charge in [-0.15, -0.1) is 0 Å². The Balaban J connectivity index is 1.89. The molecule has 2 aliphatic rings. The summed E-state index contributed by atoms with van der Waals surface area (Å²) < 4.78 is 27.3. The van der Waals surface area contributed by atoms with Gasteiger partial charge >= 0.3 is 0 Å². The van der Waals surface area contributed by atoms with Gasteiger partial charge in [0.15, 0.2) is 0 Å². The number of nitrogens with zero attached hydrogens (tertiary/aromatic N) is 1. The topological polar surface area (TPSA) is 77.5 Å². The van der Waals surface area contributed by atoms with Crippen molar-refractivity contribution in [2.24, 2.45) is 11.3 Å². The Labute approximate surface area is 131 Å². The zero-order chi connectivity index (χ0) is 16.1. The van der Waals surface area contributed by atoms with Gasteiger partial charge in [0, 0.05) is 12.6 Å². The van der Waals surface area contributed by atoms with E-state index in [2.05, 4.69) is 13.8 Å². The molecule has 0 radical (unpaired) electrons. The molecule has 2 atom stereocenters. The Hall–Kier alpha value is -1.40. The summed E-state index contributed by atoms with van der Waals surface area (Å²) in [6.07, 6.45) is 2.86. The maximum atomic E-state index is 12.8. The summed E-state index contributed by atoms with van der Waals surface area (Å²) in [5.41, 5.74) is 0.164. The smallest absolute Gasteiger partial charge is 0.243 e. The highest BCUT2D eigenvalue weighted by atomic mass is 32.2. The van der Waals surface area contributed by atoms with Crippen LogP contribution in [-0.4, -0.2) is 31.3 Å². The van der Waals surface area contributed by atoms with E-state index in [1.54, 1.807) is 4.31 Å². The van der Waals surface area contributed by atoms with Crippen molar-refractivity contribution in [1.29, 1.82) is 0 Å². The first-order valence-corrected chi connectivity index (χ1v) is 8.96. The van der Waals surface area contributed by atoms with Crippen LogP contribution in [0.3, 0.4) is 0 Å². The second-order valence-electron chi connectivity index (χ2n) is 7.21. The van der Waals surface area contributed by atoms with Crippen LogP contribution >= 0.6 is 0 Å². The highest BCUT2D eigenvalue weighted by Gasteiger charge is 2.47. The van der Waals surface area contributed by atoms with Gasteiger partial charge in [0.05, 0.1) is 10.9 Å². The van der Waals surface area contributed by atoms with E-state index in [1.807, 2.05) is 0 Å². The van der Waals surface area contributed by atoms with Gasteiger partial charge in [-0.05, 0) is 48.3 Å². The molecule has 1 aromatic rings. The van der Waals surface area contributed by atoms with E-state index in [0.29, 0.717) is 12.5 Å². The van der Waals surface area contributed by atoms with Gasteiger partial charge in [0.2, 0.25) is 10.0 Å². The van der Waals surface area contributed by atoms with Gasteiger partial charge in [-0.25, -0.2) is 8.42 Å². The third-order valence-electron chi connectivity index (χ3n) is 4.78. The van der Waals surface area contributed by atoms with Crippen LogP contribution in [0.1, 0.15) is 43.5 Å². The van der Waals surface area contributed by atoms with E-state index in [-0.39, 0.29) is 21.9 Å². The number of fused-ring (bicyclic) bond motifs is 2. The molecule has 6 heteroatoms. The lowest BCUT2D eigenvalue weighted by atomic mass is 9.72. The van der Waals surface area contributed by atoms with Gasteiger partial charge in [0.1, 0.15) is 0 Å². The number of carboxylic acid groups (broad SMARTS) is 1. The van der Waals surface area contributed by atoms with Crippen molar-refractivity contribution in [3.63, 3.8) is 0 Å². The molecule has 0 amide bonds. The Morgan fingerprint density at radius 2 is 1.86 bits per heavy atom. The van der Waals surface area contributed by atoms with Crippen LogP contribution in [-0.2, 0) is 10.0 Å². The highest BCUT2D eigenvalue weighted by Crippen LogP contribution is 2.46. The van der Waals surface area contributed by atoms with Gasteiger partial charge in [0.25, 0.3) is 0 Å². The Morgan fingerprint density at radius 3 is 2.45 bits per heavy atom. The first kappa shape index (κ1) is 15.5. The van der Waals surface area contributed by atoms with Crippen molar-refractivity contribution < 1.29 is 18.3 Å². The van der Waals surface area contributed by atoms with E-state index >= 15 is 0 Å². The molecule has 0 aromatic heterocycles. The number of carboxylic acids is 1. The molecule has 22 heavy (non-hydrogen) atoms. The third-order valence-corrected chi connectivity index (χ3v) is 6.71. The molecule has 2 fully saturated rings. The van der Waals surface area contributed by atoms with Crippen molar-refractivity contribution in [2.75, 3.05) is 6.54 Å². The summed E-state index contributed by atoms with van der Waals surface area (Å²) in [5, 5.41) is 10.8. The Kier molecular flexibility index (Phi) is 3.57. The van der Waals surface area contributed by atoms with E-state index in [9.17, 15) is 18.3 Å². The maximum Gasteiger partial charge on any atom is 0.243 e. The van der Waals surface area contributed by atoms with Crippen LogP contribution < -0.4 is 5.11 Å². The number of carbonyl (C=O) groups excluding carboxylic acids is 1. The molecule has 3 rings (SSSR count). The van der Waals surface area contributed by atoms with Gasteiger partial charge in [-0.3, -0.25) is 0 Å². The molecular formula is C16H20NO4S-. The van der Waals surface area contributed by atoms with E-state index < -0.39 is 16.0 Å². The lowest BCUT2D eigenvalue weighted by Crippen LogP contribution is -2.37. The molecule has 2 bridgehead atoms. The fourth-order valence-electron chi connectivity index (χ4n) is 4.01. The van der Waals surface area contributed by atoms with Crippen molar-refractivity contribution in [2.45, 2.75) is 44.0 Å². The highest BCUT2D eigenvalue weighted by molar-refractivity contribution is 7.89. The molecule has 0 spiro atoms. The summed E-state index contributed by atoms with van der Waals surface area (Å²) in [5.74, 6) is -0.881. The zero-order valence-electron chi connectivity index (χ0n) is 12.8. The maximum absolute atomic E-state index is 12.8. The second-order valence-corrected chi connectivity index (χ2v) is 9.11. The lowest BCUT2D eigenvalue weighted by molar-refractivity contribution is -0.255. The molecule has 1 heterocycles. The van der Waals surface area contributed by atoms with E-state index in [0.717, 1.165) is 19.3 Å². The first-order chi connectivity index (χ1) is 10.2. The molecular weight excluding hydrogens is 302 g/mol. The minimum Gasteiger partial charge on any atom is -0.545 e. The number of sulfonamides is 1. The Morgan fingerprint density at radius 1 is 1.23 bits per heavy atom. The van der Waals surface area contributed by atoms with Crippen LogP contribution in [0, 0.1) is 11.3 Å². The van der Waals surface area contributed by atoms with Crippen LogP contribution in [0.25, 0.3) is 0 Å². The second kappa shape index (κ2) is 5.06. The summed E-state index contributed by atoms with van der Waals surface area (Å²) in [7, 11) is -3.57. The predicted molar refractivity (Wildman–Crippen MR) is 79.6 cm³/mol. The van der Waals surface area contributed by atoms with Crippen LogP contribution in [0.5, 0.6) is 0 Å². The Bertz CT molecular complexity index is 693. The fourth-order valence-corrected chi connectivity index (χ4v) is 5.72. The SMILES string of the molecule is CC1(C)C[C@@H]2C[C@@H](C1)N(S(=O)(=O)c1ccc(C(=O)[O-])cc1)C2. The normalized spacial score (nSPS) is 27.7. The van der Waals surface area contributed by atoms with Gasteiger partial charge in [-0.2, -0.15) is 4.31 Å². The molecule has 5 nitrogen and oxygen atoms in total. The molecule has 1 saturated carbocycles. The molecule has 1 aromatic carbocycles. The standard InChI is InChI=1S/C16H21NO4S/c1-16(2)8-11-7-13(9-16)17(10-11)22(20,21)14-5-3-12(4-6-14)15(18)19/h3-6,11,13H,7-10H2,1-2H3,(H,18,19)/p-1/t11-,13-/m0/s1. The van der Waals surface area contributed by atoms with Gasteiger partial charge in [-0.1, -0.05) is 26.0 Å². The average Bonchev–Trinajstić information content (AvgIpc) is 2.74. The predicted octanol–water partition coefficient (Wildman–Crippen LogP) is 1.25. The average molecular weight is 322 g/mol.